The van der Waals surface area contributed by atoms with Crippen LogP contribution in [0.5, 0.6) is 0 Å². The molecule has 2 atom stereocenters. The van der Waals surface area contributed by atoms with E-state index in [4.69, 9.17) is 0 Å². The van der Waals surface area contributed by atoms with Gasteiger partial charge in [0.05, 0.1) is 12.2 Å². The third kappa shape index (κ3) is 3.08. The van der Waals surface area contributed by atoms with Gasteiger partial charge in [-0.3, -0.25) is 0 Å². The second-order valence-corrected chi connectivity index (χ2v) is 6.52. The van der Waals surface area contributed by atoms with E-state index in [1.165, 1.54) is 11.1 Å². The zero-order valence-electron chi connectivity index (χ0n) is 12.9. The summed E-state index contributed by atoms with van der Waals surface area (Å²) >= 11 is 0. The highest BCUT2D eigenvalue weighted by atomic mass is 16.3. The fourth-order valence-corrected chi connectivity index (χ4v) is 3.79. The maximum Gasteiger partial charge on any atom is 0.0627 e. The van der Waals surface area contributed by atoms with Crippen LogP contribution in [0, 0.1) is 5.41 Å². The van der Waals surface area contributed by atoms with E-state index in [1.807, 2.05) is 36.4 Å². The summed E-state index contributed by atoms with van der Waals surface area (Å²) in [6.07, 6.45) is 2.95. The summed E-state index contributed by atoms with van der Waals surface area (Å²) in [6.45, 7) is 0. The Balaban J connectivity index is 1.94. The summed E-state index contributed by atoms with van der Waals surface area (Å²) in [6, 6.07) is 20.4. The van der Waals surface area contributed by atoms with Crippen LogP contribution in [0.2, 0.25) is 0 Å². The van der Waals surface area contributed by atoms with E-state index in [1.54, 1.807) is 0 Å². The molecule has 0 bridgehead atoms. The predicted molar refractivity (Wildman–Crippen MR) is 88.6 cm³/mol. The summed E-state index contributed by atoms with van der Waals surface area (Å²) in [7, 11) is 0. The Morgan fingerprint density at radius 3 is 1.55 bits per heavy atom. The van der Waals surface area contributed by atoms with Gasteiger partial charge in [-0.05, 0) is 43.2 Å². The SMILES string of the molecule is OC1CCCC(O)C1(Cc1ccccc1)Cc1ccccc1. The quantitative estimate of drug-likeness (QED) is 0.908. The number of benzene rings is 2. The van der Waals surface area contributed by atoms with Crippen LogP contribution in [-0.4, -0.2) is 22.4 Å². The molecule has 1 saturated carbocycles. The highest BCUT2D eigenvalue weighted by Gasteiger charge is 2.46. The number of aliphatic hydroxyl groups is 2. The Morgan fingerprint density at radius 1 is 0.727 bits per heavy atom. The first kappa shape index (κ1) is 15.3. The monoisotopic (exact) mass is 296 g/mol. The second kappa shape index (κ2) is 6.64. The molecule has 116 valence electrons. The summed E-state index contributed by atoms with van der Waals surface area (Å²) in [5, 5.41) is 21.5. The van der Waals surface area contributed by atoms with Gasteiger partial charge in [-0.1, -0.05) is 60.7 Å². The minimum Gasteiger partial charge on any atom is -0.392 e. The molecule has 1 aliphatic rings. The standard InChI is InChI=1S/C20H24O2/c21-18-12-7-13-19(22)20(18,14-16-8-3-1-4-9-16)15-17-10-5-2-6-11-17/h1-6,8-11,18-19,21-22H,7,12-15H2. The molecule has 1 fully saturated rings. The van der Waals surface area contributed by atoms with E-state index in [2.05, 4.69) is 24.3 Å². The maximum atomic E-state index is 10.8. The van der Waals surface area contributed by atoms with Crippen LogP contribution in [0.1, 0.15) is 30.4 Å². The van der Waals surface area contributed by atoms with Crippen molar-refractivity contribution in [2.45, 2.75) is 44.3 Å². The number of hydrogen-bond donors (Lipinski definition) is 2. The number of rotatable bonds is 4. The third-order valence-corrected chi connectivity index (χ3v) is 5.03. The van der Waals surface area contributed by atoms with Crippen molar-refractivity contribution in [3.63, 3.8) is 0 Å². The predicted octanol–water partition coefficient (Wildman–Crippen LogP) is 3.36. The lowest BCUT2D eigenvalue weighted by Gasteiger charge is -2.46. The molecule has 2 aromatic carbocycles. The topological polar surface area (TPSA) is 40.5 Å². The molecule has 2 unspecified atom stereocenters. The first-order valence-electron chi connectivity index (χ1n) is 8.15. The van der Waals surface area contributed by atoms with Crippen molar-refractivity contribution < 1.29 is 10.2 Å². The molecular formula is C20H24O2. The molecule has 2 N–H and O–H groups in total. The normalized spacial score (nSPS) is 24.1. The zero-order chi connectivity index (χ0) is 15.4. The molecule has 2 aromatic rings. The van der Waals surface area contributed by atoms with E-state index in [-0.39, 0.29) is 0 Å². The molecule has 2 nitrogen and oxygen atoms in total. The van der Waals surface area contributed by atoms with E-state index < -0.39 is 17.6 Å². The Kier molecular flexibility index (Phi) is 4.60. The van der Waals surface area contributed by atoms with Gasteiger partial charge in [0.1, 0.15) is 0 Å². The van der Waals surface area contributed by atoms with Gasteiger partial charge >= 0.3 is 0 Å². The first-order chi connectivity index (χ1) is 10.7. The molecule has 0 spiro atoms. The summed E-state index contributed by atoms with van der Waals surface area (Å²) in [5.74, 6) is 0. The largest absolute Gasteiger partial charge is 0.392 e. The van der Waals surface area contributed by atoms with E-state index in [0.29, 0.717) is 12.8 Å². The van der Waals surface area contributed by atoms with Crippen molar-refractivity contribution >= 4 is 0 Å². The van der Waals surface area contributed by atoms with E-state index >= 15 is 0 Å². The van der Waals surface area contributed by atoms with Crippen molar-refractivity contribution in [1.29, 1.82) is 0 Å². The minimum atomic E-state index is -0.485. The van der Waals surface area contributed by atoms with Crippen molar-refractivity contribution in [2.75, 3.05) is 0 Å². The summed E-state index contributed by atoms with van der Waals surface area (Å²) in [5.41, 5.74) is 1.87. The van der Waals surface area contributed by atoms with Crippen molar-refractivity contribution in [3.8, 4) is 0 Å². The molecule has 0 heterocycles. The summed E-state index contributed by atoms with van der Waals surface area (Å²) in [4.78, 5) is 0. The van der Waals surface area contributed by atoms with Gasteiger partial charge < -0.3 is 10.2 Å². The molecule has 0 amide bonds. The van der Waals surface area contributed by atoms with Crippen LogP contribution in [0.3, 0.4) is 0 Å². The van der Waals surface area contributed by atoms with Crippen LogP contribution in [-0.2, 0) is 12.8 Å². The maximum absolute atomic E-state index is 10.8. The molecule has 22 heavy (non-hydrogen) atoms. The lowest BCUT2D eigenvalue weighted by Crippen LogP contribution is -2.51. The first-order valence-corrected chi connectivity index (χ1v) is 8.15. The molecular weight excluding hydrogens is 272 g/mol. The Labute approximate surface area is 132 Å². The average molecular weight is 296 g/mol. The fraction of sp³-hybridized carbons (Fsp3) is 0.400. The zero-order valence-corrected chi connectivity index (χ0v) is 12.9. The van der Waals surface area contributed by atoms with Crippen LogP contribution in [0.15, 0.2) is 60.7 Å². The lowest BCUT2D eigenvalue weighted by atomic mass is 9.63. The van der Waals surface area contributed by atoms with Gasteiger partial charge in [0.25, 0.3) is 0 Å². The Hall–Kier alpha value is -1.64. The van der Waals surface area contributed by atoms with Gasteiger partial charge in [0.15, 0.2) is 0 Å². The highest BCUT2D eigenvalue weighted by Crippen LogP contribution is 2.42. The summed E-state index contributed by atoms with van der Waals surface area (Å²) < 4.78 is 0. The van der Waals surface area contributed by atoms with Crippen LogP contribution >= 0.6 is 0 Å². The fourth-order valence-electron chi connectivity index (χ4n) is 3.79. The molecule has 0 saturated heterocycles. The smallest absolute Gasteiger partial charge is 0.0627 e. The number of hydrogen-bond acceptors (Lipinski definition) is 2. The van der Waals surface area contributed by atoms with Crippen molar-refractivity contribution in [1.82, 2.24) is 0 Å². The van der Waals surface area contributed by atoms with Crippen molar-refractivity contribution in [3.05, 3.63) is 71.8 Å². The van der Waals surface area contributed by atoms with Gasteiger partial charge in [0.2, 0.25) is 0 Å². The second-order valence-electron chi connectivity index (χ2n) is 6.52. The minimum absolute atomic E-state index is 0.461. The van der Waals surface area contributed by atoms with Crippen molar-refractivity contribution in [2.24, 2.45) is 5.41 Å². The van der Waals surface area contributed by atoms with E-state index in [9.17, 15) is 10.2 Å². The molecule has 0 aliphatic heterocycles. The van der Waals surface area contributed by atoms with Crippen LogP contribution < -0.4 is 0 Å². The van der Waals surface area contributed by atoms with Crippen LogP contribution in [0.4, 0.5) is 0 Å². The number of aliphatic hydroxyl groups excluding tert-OH is 2. The highest BCUT2D eigenvalue weighted by molar-refractivity contribution is 5.23. The lowest BCUT2D eigenvalue weighted by molar-refractivity contribution is -0.100. The Morgan fingerprint density at radius 2 is 1.14 bits per heavy atom. The molecule has 0 radical (unpaired) electrons. The average Bonchev–Trinajstić information content (AvgIpc) is 2.54. The van der Waals surface area contributed by atoms with E-state index in [0.717, 1.165) is 19.3 Å². The molecule has 1 aliphatic carbocycles. The Bertz CT molecular complexity index is 526. The third-order valence-electron chi connectivity index (χ3n) is 5.03. The van der Waals surface area contributed by atoms with Crippen LogP contribution in [0.25, 0.3) is 0 Å². The molecule has 0 aromatic heterocycles. The van der Waals surface area contributed by atoms with Gasteiger partial charge in [0, 0.05) is 5.41 Å². The van der Waals surface area contributed by atoms with Gasteiger partial charge in [-0.25, -0.2) is 0 Å². The van der Waals surface area contributed by atoms with Gasteiger partial charge in [-0.2, -0.15) is 0 Å². The van der Waals surface area contributed by atoms with Gasteiger partial charge in [-0.15, -0.1) is 0 Å². The molecule has 3 rings (SSSR count). The molecule has 2 heteroatoms.